The molecule has 1 aromatic carbocycles. The van der Waals surface area contributed by atoms with Gasteiger partial charge in [0.2, 0.25) is 5.89 Å². The van der Waals surface area contributed by atoms with Crippen molar-refractivity contribution in [2.45, 2.75) is 19.8 Å². The van der Waals surface area contributed by atoms with Crippen molar-refractivity contribution in [3.8, 4) is 11.5 Å². The van der Waals surface area contributed by atoms with E-state index in [-0.39, 0.29) is 23.1 Å². The fourth-order valence-corrected chi connectivity index (χ4v) is 1.37. The topological polar surface area (TPSA) is 82.1 Å². The Bertz CT molecular complexity index is 595. The van der Waals surface area contributed by atoms with E-state index in [2.05, 4.69) is 10.2 Å². The molecule has 0 saturated carbocycles. The largest absolute Gasteiger partial charge is 0.420 e. The highest BCUT2D eigenvalue weighted by Gasteiger charge is 2.18. The van der Waals surface area contributed by atoms with Gasteiger partial charge in [-0.1, -0.05) is 13.8 Å². The van der Waals surface area contributed by atoms with Gasteiger partial charge in [-0.25, -0.2) is 4.39 Å². The molecule has 1 heterocycles. The Balaban J connectivity index is 2.48. The summed E-state index contributed by atoms with van der Waals surface area (Å²) in [4.78, 5) is 10.0. The number of halogens is 1. The van der Waals surface area contributed by atoms with Gasteiger partial charge in [-0.3, -0.25) is 10.1 Å². The van der Waals surface area contributed by atoms with Crippen LogP contribution in [0.1, 0.15) is 25.7 Å². The van der Waals surface area contributed by atoms with E-state index in [0.717, 1.165) is 18.2 Å². The van der Waals surface area contributed by atoms with E-state index < -0.39 is 10.7 Å². The number of non-ortho nitro benzene ring substituents is 1. The minimum absolute atomic E-state index is 0.00742. The smallest absolute Gasteiger partial charge is 0.270 e. The molecule has 2 aromatic rings. The van der Waals surface area contributed by atoms with Crippen LogP contribution in [0.4, 0.5) is 10.1 Å². The molecule has 0 spiro atoms. The van der Waals surface area contributed by atoms with E-state index in [9.17, 15) is 14.5 Å². The third kappa shape index (κ3) is 2.20. The number of benzene rings is 1. The van der Waals surface area contributed by atoms with Crippen LogP contribution >= 0.6 is 0 Å². The molecule has 0 fully saturated rings. The molecule has 0 saturated heterocycles. The summed E-state index contributed by atoms with van der Waals surface area (Å²) < 4.78 is 18.8. The Labute approximate surface area is 102 Å². The Hall–Kier alpha value is -2.31. The number of nitro benzene ring substituents is 1. The molecule has 0 atom stereocenters. The van der Waals surface area contributed by atoms with Gasteiger partial charge < -0.3 is 4.42 Å². The monoisotopic (exact) mass is 251 g/mol. The number of hydrogen-bond acceptors (Lipinski definition) is 5. The molecule has 0 amide bonds. The molecule has 0 aliphatic heterocycles. The molecule has 0 aliphatic rings. The highest BCUT2D eigenvalue weighted by Crippen LogP contribution is 2.27. The Kier molecular flexibility index (Phi) is 3.05. The number of aromatic nitrogens is 2. The first-order valence-electron chi connectivity index (χ1n) is 5.26. The van der Waals surface area contributed by atoms with Gasteiger partial charge in [0, 0.05) is 18.1 Å². The van der Waals surface area contributed by atoms with Gasteiger partial charge in [-0.15, -0.1) is 10.2 Å². The number of nitrogens with zero attached hydrogens (tertiary/aromatic N) is 3. The lowest BCUT2D eigenvalue weighted by Gasteiger charge is -1.98. The maximum Gasteiger partial charge on any atom is 0.270 e. The van der Waals surface area contributed by atoms with E-state index in [0.29, 0.717) is 5.89 Å². The van der Waals surface area contributed by atoms with Crippen LogP contribution in [-0.2, 0) is 0 Å². The predicted octanol–water partition coefficient (Wildman–Crippen LogP) is 2.91. The first kappa shape index (κ1) is 12.2. The maximum absolute atomic E-state index is 13.6. The van der Waals surface area contributed by atoms with Crippen LogP contribution < -0.4 is 0 Å². The number of hydrogen-bond donors (Lipinski definition) is 0. The van der Waals surface area contributed by atoms with Crippen LogP contribution in [0, 0.1) is 15.9 Å². The van der Waals surface area contributed by atoms with Gasteiger partial charge in [-0.2, -0.15) is 0 Å². The molecule has 0 aliphatic carbocycles. The summed E-state index contributed by atoms with van der Waals surface area (Å²) in [6, 6.07) is 3.16. The second kappa shape index (κ2) is 4.52. The highest BCUT2D eigenvalue weighted by molar-refractivity contribution is 5.58. The summed E-state index contributed by atoms with van der Waals surface area (Å²) in [5.41, 5.74) is -0.292. The maximum atomic E-state index is 13.6. The zero-order chi connectivity index (χ0) is 13.3. The van der Waals surface area contributed by atoms with Crippen LogP contribution in [0.25, 0.3) is 11.5 Å². The van der Waals surface area contributed by atoms with Crippen molar-refractivity contribution in [2.24, 2.45) is 0 Å². The van der Waals surface area contributed by atoms with Crippen LogP contribution in [0.2, 0.25) is 0 Å². The van der Waals surface area contributed by atoms with Gasteiger partial charge in [0.05, 0.1) is 10.5 Å². The SMILES string of the molecule is CC(C)c1nnc(-c2cc([N+](=O)[O-])ccc2F)o1. The molecule has 0 bridgehead atoms. The Morgan fingerprint density at radius 1 is 1.39 bits per heavy atom. The van der Waals surface area contributed by atoms with Crippen LogP contribution in [-0.4, -0.2) is 15.1 Å². The second-order valence-electron chi connectivity index (χ2n) is 4.02. The standard InChI is InChI=1S/C11H10FN3O3/c1-6(2)10-13-14-11(18-10)8-5-7(15(16)17)3-4-9(8)12/h3-6H,1-2H3. The van der Waals surface area contributed by atoms with Crippen LogP contribution in [0.15, 0.2) is 22.6 Å². The van der Waals surface area contributed by atoms with Crippen LogP contribution in [0.5, 0.6) is 0 Å². The fourth-order valence-electron chi connectivity index (χ4n) is 1.37. The van der Waals surface area contributed by atoms with E-state index in [4.69, 9.17) is 4.42 Å². The van der Waals surface area contributed by atoms with E-state index in [1.807, 2.05) is 13.8 Å². The zero-order valence-corrected chi connectivity index (χ0v) is 9.75. The molecule has 2 rings (SSSR count). The van der Waals surface area contributed by atoms with Gasteiger partial charge in [-0.05, 0) is 6.07 Å². The van der Waals surface area contributed by atoms with Crippen molar-refractivity contribution in [3.05, 3.63) is 40.0 Å². The zero-order valence-electron chi connectivity index (χ0n) is 9.75. The van der Waals surface area contributed by atoms with Crippen molar-refractivity contribution in [1.82, 2.24) is 10.2 Å². The number of nitro groups is 1. The van der Waals surface area contributed by atoms with Crippen LogP contribution in [0.3, 0.4) is 0 Å². The molecular weight excluding hydrogens is 241 g/mol. The number of rotatable bonds is 3. The predicted molar refractivity (Wildman–Crippen MR) is 60.4 cm³/mol. The second-order valence-corrected chi connectivity index (χ2v) is 4.02. The average Bonchev–Trinajstić information content (AvgIpc) is 2.78. The van der Waals surface area contributed by atoms with Crippen molar-refractivity contribution in [1.29, 1.82) is 0 Å². The van der Waals surface area contributed by atoms with E-state index in [1.165, 1.54) is 0 Å². The Morgan fingerprint density at radius 2 is 2.11 bits per heavy atom. The first-order valence-corrected chi connectivity index (χ1v) is 5.26. The van der Waals surface area contributed by atoms with Gasteiger partial charge in [0.1, 0.15) is 5.82 Å². The van der Waals surface area contributed by atoms with Crippen molar-refractivity contribution in [3.63, 3.8) is 0 Å². The minimum atomic E-state index is -0.639. The van der Waals surface area contributed by atoms with Gasteiger partial charge in [0.25, 0.3) is 11.6 Å². The summed E-state index contributed by atoms with van der Waals surface area (Å²) >= 11 is 0. The van der Waals surface area contributed by atoms with Gasteiger partial charge >= 0.3 is 0 Å². The molecule has 7 heteroatoms. The van der Waals surface area contributed by atoms with Gasteiger partial charge in [0.15, 0.2) is 0 Å². The Morgan fingerprint density at radius 3 is 2.67 bits per heavy atom. The first-order chi connectivity index (χ1) is 8.49. The van der Waals surface area contributed by atoms with E-state index in [1.54, 1.807) is 0 Å². The highest BCUT2D eigenvalue weighted by atomic mass is 19.1. The van der Waals surface area contributed by atoms with Crippen molar-refractivity contribution in [2.75, 3.05) is 0 Å². The van der Waals surface area contributed by atoms with Crippen molar-refractivity contribution >= 4 is 5.69 Å². The summed E-state index contributed by atoms with van der Waals surface area (Å²) in [5.74, 6) is -0.330. The lowest BCUT2D eigenvalue weighted by Crippen LogP contribution is -1.91. The fraction of sp³-hybridized carbons (Fsp3) is 0.273. The molecule has 94 valence electrons. The summed E-state index contributed by atoms with van der Waals surface area (Å²) in [6.07, 6.45) is 0. The minimum Gasteiger partial charge on any atom is -0.420 e. The molecule has 1 aromatic heterocycles. The molecule has 6 nitrogen and oxygen atoms in total. The summed E-state index contributed by atoms with van der Waals surface area (Å²) in [5, 5.41) is 18.1. The molecule has 18 heavy (non-hydrogen) atoms. The quantitative estimate of drug-likeness (QED) is 0.618. The average molecular weight is 251 g/mol. The lowest BCUT2D eigenvalue weighted by molar-refractivity contribution is -0.384. The summed E-state index contributed by atoms with van der Waals surface area (Å²) in [7, 11) is 0. The normalized spacial score (nSPS) is 10.9. The molecular formula is C11H10FN3O3. The molecule has 0 unspecified atom stereocenters. The summed E-state index contributed by atoms with van der Waals surface area (Å²) in [6.45, 7) is 3.70. The molecule has 0 N–H and O–H groups in total. The third-order valence-electron chi connectivity index (χ3n) is 2.33. The molecule has 0 radical (unpaired) electrons. The third-order valence-corrected chi connectivity index (χ3v) is 2.33. The lowest BCUT2D eigenvalue weighted by atomic mass is 10.2. The van der Waals surface area contributed by atoms with E-state index >= 15 is 0 Å². The van der Waals surface area contributed by atoms with Crippen molar-refractivity contribution < 1.29 is 13.7 Å².